The van der Waals surface area contributed by atoms with Gasteiger partial charge in [-0.15, -0.1) is 22.7 Å². The number of fused-ring (bicyclic) bond motifs is 8. The Bertz CT molecular complexity index is 2780. The molecule has 0 fully saturated rings. The first-order chi connectivity index (χ1) is 23.3. The van der Waals surface area contributed by atoms with Crippen LogP contribution in [0.25, 0.3) is 90.4 Å². The number of para-hydroxylation sites is 2. The second-order valence-corrected chi connectivity index (χ2v) is 14.2. The molecule has 3 heteroatoms. The third kappa shape index (κ3) is 4.14. The Kier molecular flexibility index (Phi) is 5.98. The largest absolute Gasteiger partial charge is 0.308 e. The molecule has 0 saturated heterocycles. The highest BCUT2D eigenvalue weighted by atomic mass is 32.1. The van der Waals surface area contributed by atoms with Crippen molar-refractivity contribution in [3.63, 3.8) is 0 Å². The number of hydrogen-bond donors (Lipinski definition) is 0. The van der Waals surface area contributed by atoms with Crippen molar-refractivity contribution in [3.8, 4) is 39.1 Å². The van der Waals surface area contributed by atoms with E-state index in [0.717, 1.165) is 0 Å². The average Bonchev–Trinajstić information content (AvgIpc) is 3.81. The van der Waals surface area contributed by atoms with E-state index in [9.17, 15) is 0 Å². The number of nitrogens with zero attached hydrogens (tertiary/aromatic N) is 1. The van der Waals surface area contributed by atoms with E-state index >= 15 is 0 Å². The lowest BCUT2D eigenvalue weighted by atomic mass is 9.95. The maximum absolute atomic E-state index is 2.44. The minimum atomic E-state index is 1.19. The van der Waals surface area contributed by atoms with Crippen LogP contribution < -0.4 is 0 Å². The highest BCUT2D eigenvalue weighted by Gasteiger charge is 2.19. The molecule has 0 atom stereocenters. The molecule has 10 aromatic rings. The lowest BCUT2D eigenvalue weighted by Gasteiger charge is -2.10. The van der Waals surface area contributed by atoms with E-state index in [-0.39, 0.29) is 0 Å². The topological polar surface area (TPSA) is 4.93 Å². The fourth-order valence-corrected chi connectivity index (χ4v) is 9.76. The Morgan fingerprint density at radius 3 is 1.94 bits per heavy atom. The summed E-state index contributed by atoms with van der Waals surface area (Å²) in [7, 11) is 0. The summed E-state index contributed by atoms with van der Waals surface area (Å²) in [6, 6.07) is 59.9. The van der Waals surface area contributed by atoms with Gasteiger partial charge in [0.05, 0.1) is 15.7 Å². The summed E-state index contributed by atoms with van der Waals surface area (Å²) in [5.74, 6) is 0. The van der Waals surface area contributed by atoms with Gasteiger partial charge in [0.25, 0.3) is 0 Å². The van der Waals surface area contributed by atoms with Crippen LogP contribution in [0.2, 0.25) is 0 Å². The molecule has 220 valence electrons. The highest BCUT2D eigenvalue weighted by Crippen LogP contribution is 2.46. The smallest absolute Gasteiger partial charge is 0.0727 e. The van der Waals surface area contributed by atoms with Gasteiger partial charge in [-0.3, -0.25) is 0 Å². The van der Waals surface area contributed by atoms with Gasteiger partial charge in [0, 0.05) is 41.3 Å². The first-order valence-corrected chi connectivity index (χ1v) is 17.6. The molecule has 0 radical (unpaired) electrons. The highest BCUT2D eigenvalue weighted by molar-refractivity contribution is 7.27. The molecule has 0 aliphatic rings. The summed E-state index contributed by atoms with van der Waals surface area (Å²) in [6.45, 7) is 0. The van der Waals surface area contributed by atoms with E-state index in [4.69, 9.17) is 0 Å². The lowest BCUT2D eigenvalue weighted by Crippen LogP contribution is -1.92. The van der Waals surface area contributed by atoms with Crippen LogP contribution in [0.4, 0.5) is 0 Å². The molecule has 10 rings (SSSR count). The van der Waals surface area contributed by atoms with Crippen LogP contribution in [0.1, 0.15) is 0 Å². The Balaban J connectivity index is 1.15. The molecule has 0 saturated carbocycles. The van der Waals surface area contributed by atoms with Crippen LogP contribution >= 0.6 is 22.7 Å². The molecular formula is C44H27NS2. The zero-order valence-corrected chi connectivity index (χ0v) is 27.0. The maximum atomic E-state index is 2.44. The lowest BCUT2D eigenvalue weighted by molar-refractivity contribution is 1.19. The number of aromatic nitrogens is 1. The second kappa shape index (κ2) is 10.5. The van der Waals surface area contributed by atoms with Gasteiger partial charge in [-0.25, -0.2) is 0 Å². The summed E-state index contributed by atoms with van der Waals surface area (Å²) in [6.07, 6.45) is 0. The predicted molar refractivity (Wildman–Crippen MR) is 205 cm³/mol. The van der Waals surface area contributed by atoms with Gasteiger partial charge < -0.3 is 4.57 Å². The second-order valence-electron chi connectivity index (χ2n) is 12.1. The van der Waals surface area contributed by atoms with Crippen molar-refractivity contribution in [2.24, 2.45) is 0 Å². The third-order valence-electron chi connectivity index (χ3n) is 9.40. The van der Waals surface area contributed by atoms with Crippen molar-refractivity contribution in [1.29, 1.82) is 0 Å². The third-order valence-corrected chi connectivity index (χ3v) is 11.8. The summed E-state index contributed by atoms with van der Waals surface area (Å²) >= 11 is 3.79. The zero-order chi connectivity index (χ0) is 30.9. The van der Waals surface area contributed by atoms with Gasteiger partial charge in [0.15, 0.2) is 0 Å². The molecule has 1 nitrogen and oxygen atoms in total. The molecule has 0 unspecified atom stereocenters. The summed E-state index contributed by atoms with van der Waals surface area (Å²) < 4.78 is 7.76. The van der Waals surface area contributed by atoms with Gasteiger partial charge in [0.1, 0.15) is 0 Å². The first kappa shape index (κ1) is 26.7. The standard InChI is InChI=1S/C44H27NS2/c1-3-12-28(13-4-1)34-20-10-21-36-41-33(19-11-23-40(41)47-43(34)36)31-15-9-14-29(26-31)30-24-25-39-37(27-30)42-44(46-39)35-18-7-8-22-38(35)45(42)32-16-5-2-6-17-32/h1-27H. The summed E-state index contributed by atoms with van der Waals surface area (Å²) in [4.78, 5) is 0. The Hall–Kier alpha value is -5.48. The minimum Gasteiger partial charge on any atom is -0.308 e. The summed E-state index contributed by atoms with van der Waals surface area (Å²) in [5.41, 5.74) is 11.3. The van der Waals surface area contributed by atoms with Crippen LogP contribution in [0.15, 0.2) is 164 Å². The Labute approximate surface area is 280 Å². The first-order valence-electron chi connectivity index (χ1n) is 15.9. The number of thiophene rings is 2. The van der Waals surface area contributed by atoms with Crippen molar-refractivity contribution in [2.75, 3.05) is 0 Å². The molecule has 3 heterocycles. The molecular weight excluding hydrogens is 607 g/mol. The molecule has 0 bridgehead atoms. The monoisotopic (exact) mass is 633 g/mol. The van der Waals surface area contributed by atoms with Crippen molar-refractivity contribution >= 4 is 74.1 Å². The van der Waals surface area contributed by atoms with Crippen molar-refractivity contribution < 1.29 is 0 Å². The fraction of sp³-hybridized carbons (Fsp3) is 0. The quantitative estimate of drug-likeness (QED) is 0.182. The van der Waals surface area contributed by atoms with Crippen molar-refractivity contribution in [2.45, 2.75) is 0 Å². The predicted octanol–water partition coefficient (Wildman–Crippen LogP) is 13.4. The van der Waals surface area contributed by atoms with Crippen LogP contribution in [0, 0.1) is 0 Å². The van der Waals surface area contributed by atoms with Crippen LogP contribution in [-0.4, -0.2) is 4.57 Å². The van der Waals surface area contributed by atoms with Gasteiger partial charge in [-0.1, -0.05) is 121 Å². The maximum Gasteiger partial charge on any atom is 0.0727 e. The van der Waals surface area contributed by atoms with Crippen LogP contribution in [0.5, 0.6) is 0 Å². The number of rotatable bonds is 4. The Morgan fingerprint density at radius 1 is 0.383 bits per heavy atom. The van der Waals surface area contributed by atoms with Crippen LogP contribution in [0.3, 0.4) is 0 Å². The fourth-order valence-electron chi connectivity index (χ4n) is 7.29. The molecule has 3 aromatic heterocycles. The van der Waals surface area contributed by atoms with Gasteiger partial charge in [0.2, 0.25) is 0 Å². The van der Waals surface area contributed by atoms with E-state index < -0.39 is 0 Å². The SMILES string of the molecule is c1ccc(-c2cccc3c2sc2cccc(-c4cccc(-c5ccc6sc7c8ccccc8n(-c8ccccc8)c7c6c5)c4)c23)cc1. The van der Waals surface area contributed by atoms with Gasteiger partial charge in [-0.2, -0.15) is 0 Å². The van der Waals surface area contributed by atoms with E-state index in [0.29, 0.717) is 0 Å². The van der Waals surface area contributed by atoms with E-state index in [1.807, 2.05) is 22.7 Å². The molecule has 47 heavy (non-hydrogen) atoms. The van der Waals surface area contributed by atoms with Crippen molar-refractivity contribution in [3.05, 3.63) is 164 Å². The summed E-state index contributed by atoms with van der Waals surface area (Å²) in [5, 5.41) is 5.27. The normalized spacial score (nSPS) is 11.8. The molecule has 0 amide bonds. The van der Waals surface area contributed by atoms with Gasteiger partial charge >= 0.3 is 0 Å². The molecule has 7 aromatic carbocycles. The Morgan fingerprint density at radius 2 is 1.04 bits per heavy atom. The van der Waals surface area contributed by atoms with E-state index in [1.54, 1.807) is 0 Å². The van der Waals surface area contributed by atoms with E-state index in [2.05, 4.69) is 168 Å². The molecule has 0 N–H and O–H groups in total. The zero-order valence-electron chi connectivity index (χ0n) is 25.4. The number of benzene rings is 7. The minimum absolute atomic E-state index is 1.19. The van der Waals surface area contributed by atoms with Crippen molar-refractivity contribution in [1.82, 2.24) is 4.57 Å². The molecule has 0 aliphatic carbocycles. The molecule has 0 spiro atoms. The van der Waals surface area contributed by atoms with Gasteiger partial charge in [-0.05, 0) is 75.8 Å². The average molecular weight is 634 g/mol. The van der Waals surface area contributed by atoms with E-state index in [1.165, 1.54) is 90.4 Å². The number of hydrogen-bond acceptors (Lipinski definition) is 2. The molecule has 0 aliphatic heterocycles. The van der Waals surface area contributed by atoms with Crippen LogP contribution in [-0.2, 0) is 0 Å².